The number of rotatable bonds is 7. The Morgan fingerprint density at radius 2 is 1.84 bits per heavy atom. The van der Waals surface area contributed by atoms with Gasteiger partial charge in [-0.05, 0) is 30.7 Å². The molecule has 0 saturated carbocycles. The van der Waals surface area contributed by atoms with Crippen molar-refractivity contribution in [3.63, 3.8) is 0 Å². The Labute approximate surface area is 182 Å². The van der Waals surface area contributed by atoms with E-state index in [4.69, 9.17) is 4.74 Å². The molecule has 2 N–H and O–H groups in total. The highest BCUT2D eigenvalue weighted by Crippen LogP contribution is 2.19. The number of hydrazine groups is 1. The van der Waals surface area contributed by atoms with Crippen molar-refractivity contribution in [3.05, 3.63) is 69.8 Å². The van der Waals surface area contributed by atoms with E-state index < -0.39 is 41.1 Å². The number of esters is 1. The van der Waals surface area contributed by atoms with Gasteiger partial charge in [0.25, 0.3) is 17.5 Å². The smallest absolute Gasteiger partial charge is 0.311 e. The summed E-state index contributed by atoms with van der Waals surface area (Å²) in [5, 5.41) is 14.3. The molecule has 1 saturated heterocycles. The molecule has 32 heavy (non-hydrogen) atoms. The lowest BCUT2D eigenvalue weighted by Crippen LogP contribution is -2.43. The van der Waals surface area contributed by atoms with Gasteiger partial charge < -0.3 is 10.1 Å². The minimum Gasteiger partial charge on any atom is -0.455 e. The Morgan fingerprint density at radius 3 is 2.50 bits per heavy atom. The molecule has 11 heteroatoms. The van der Waals surface area contributed by atoms with Crippen LogP contribution < -0.4 is 10.7 Å². The lowest BCUT2D eigenvalue weighted by atomic mass is 10.1. The van der Waals surface area contributed by atoms with Gasteiger partial charge in [0.05, 0.1) is 17.4 Å². The van der Waals surface area contributed by atoms with Crippen LogP contribution in [0.15, 0.2) is 48.5 Å². The first kappa shape index (κ1) is 22.4. The monoisotopic (exact) mass is 440 g/mol. The van der Waals surface area contributed by atoms with Crippen LogP contribution in [0.1, 0.15) is 22.3 Å². The Kier molecular flexibility index (Phi) is 6.78. The fraction of sp³-hybridized carbons (Fsp3) is 0.238. The summed E-state index contributed by atoms with van der Waals surface area (Å²) in [6, 6.07) is 12.0. The maximum absolute atomic E-state index is 12.3. The van der Waals surface area contributed by atoms with Crippen molar-refractivity contribution in [1.29, 1.82) is 0 Å². The largest absolute Gasteiger partial charge is 0.455 e. The van der Waals surface area contributed by atoms with E-state index in [-0.39, 0.29) is 24.2 Å². The molecule has 1 fully saturated rings. The summed E-state index contributed by atoms with van der Waals surface area (Å²) in [6.45, 7) is 1.20. The molecule has 3 amide bonds. The van der Waals surface area contributed by atoms with Gasteiger partial charge >= 0.3 is 5.97 Å². The number of nitro groups is 1. The molecule has 1 heterocycles. The number of hydrogen-bond acceptors (Lipinski definition) is 7. The van der Waals surface area contributed by atoms with E-state index >= 15 is 0 Å². The molecule has 0 unspecified atom stereocenters. The van der Waals surface area contributed by atoms with Crippen LogP contribution in [0.4, 0.5) is 11.4 Å². The molecular weight excluding hydrogens is 420 g/mol. The average Bonchev–Trinajstić information content (AvgIpc) is 3.14. The van der Waals surface area contributed by atoms with Gasteiger partial charge in [-0.25, -0.2) is 0 Å². The molecule has 2 aromatic carbocycles. The summed E-state index contributed by atoms with van der Waals surface area (Å²) in [4.78, 5) is 58.8. The highest BCUT2D eigenvalue weighted by Gasteiger charge is 2.36. The number of carbonyl (C=O) groups is 4. The van der Waals surface area contributed by atoms with Gasteiger partial charge in [0, 0.05) is 29.8 Å². The summed E-state index contributed by atoms with van der Waals surface area (Å²) in [6.07, 6.45) is -0.182. The maximum atomic E-state index is 12.3. The number of amides is 3. The number of aryl methyl sites for hydroxylation is 1. The molecule has 1 aliphatic rings. The lowest BCUT2D eigenvalue weighted by Gasteiger charge is -2.17. The van der Waals surface area contributed by atoms with E-state index in [0.29, 0.717) is 5.69 Å². The number of non-ortho nitro benzene ring substituents is 1. The zero-order valence-corrected chi connectivity index (χ0v) is 17.1. The topological polar surface area (TPSA) is 148 Å². The molecule has 0 radical (unpaired) electrons. The Balaban J connectivity index is 1.49. The van der Waals surface area contributed by atoms with Gasteiger partial charge in [0.1, 0.15) is 0 Å². The fourth-order valence-corrected chi connectivity index (χ4v) is 3.05. The summed E-state index contributed by atoms with van der Waals surface area (Å²) >= 11 is 0. The van der Waals surface area contributed by atoms with E-state index in [0.717, 1.165) is 10.6 Å². The quantitative estimate of drug-likeness (QED) is 0.377. The van der Waals surface area contributed by atoms with Crippen LogP contribution in [0, 0.1) is 23.0 Å². The number of hydrogen-bond donors (Lipinski definition) is 2. The van der Waals surface area contributed by atoms with Crippen LogP contribution in [0.3, 0.4) is 0 Å². The molecule has 0 aromatic heterocycles. The number of nitrogens with zero attached hydrogens (tertiary/aromatic N) is 2. The van der Waals surface area contributed by atoms with Gasteiger partial charge in [-0.15, -0.1) is 0 Å². The van der Waals surface area contributed by atoms with Crippen molar-refractivity contribution in [3.8, 4) is 0 Å². The number of carbonyl (C=O) groups excluding carboxylic acids is 4. The second-order valence-electron chi connectivity index (χ2n) is 7.12. The van der Waals surface area contributed by atoms with Crippen LogP contribution >= 0.6 is 0 Å². The van der Waals surface area contributed by atoms with Gasteiger partial charge in [0.2, 0.25) is 5.91 Å². The lowest BCUT2D eigenvalue weighted by molar-refractivity contribution is -0.384. The van der Waals surface area contributed by atoms with Crippen LogP contribution in [-0.2, 0) is 19.1 Å². The third-order valence-corrected chi connectivity index (χ3v) is 4.80. The second kappa shape index (κ2) is 9.69. The molecule has 3 rings (SSSR count). The van der Waals surface area contributed by atoms with Gasteiger partial charge in [-0.2, -0.15) is 0 Å². The van der Waals surface area contributed by atoms with E-state index in [2.05, 4.69) is 10.7 Å². The SMILES string of the molecule is Cc1ccccc1NC(=O)COC(=O)[C@@H]1CC(=O)N(NC(=O)c2ccc([N+](=O)[O-])cc2)C1. The minimum absolute atomic E-state index is 0.113. The number of nitrogens with one attached hydrogen (secondary N) is 2. The number of anilines is 1. The molecule has 0 bridgehead atoms. The maximum Gasteiger partial charge on any atom is 0.311 e. The zero-order valence-electron chi connectivity index (χ0n) is 17.1. The van der Waals surface area contributed by atoms with Gasteiger partial charge in [0.15, 0.2) is 6.61 Å². The van der Waals surface area contributed by atoms with E-state index in [9.17, 15) is 29.3 Å². The number of benzene rings is 2. The summed E-state index contributed by atoms with van der Waals surface area (Å²) < 4.78 is 5.02. The minimum atomic E-state index is -0.842. The average molecular weight is 440 g/mol. The van der Waals surface area contributed by atoms with Crippen molar-refractivity contribution in [2.24, 2.45) is 5.92 Å². The van der Waals surface area contributed by atoms with E-state index in [1.165, 1.54) is 24.3 Å². The highest BCUT2D eigenvalue weighted by molar-refractivity contribution is 5.97. The number of nitro benzene ring substituents is 1. The van der Waals surface area contributed by atoms with Crippen molar-refractivity contribution in [2.45, 2.75) is 13.3 Å². The van der Waals surface area contributed by atoms with Crippen LogP contribution in [0.5, 0.6) is 0 Å². The molecule has 2 aromatic rings. The predicted octanol–water partition coefficient (Wildman–Crippen LogP) is 1.58. The Hall–Kier alpha value is -4.28. The zero-order chi connectivity index (χ0) is 23.3. The summed E-state index contributed by atoms with van der Waals surface area (Å²) in [7, 11) is 0. The van der Waals surface area contributed by atoms with Gasteiger partial charge in [-0.3, -0.25) is 39.7 Å². The van der Waals surface area contributed by atoms with Crippen LogP contribution in [0.2, 0.25) is 0 Å². The first-order valence-corrected chi connectivity index (χ1v) is 9.62. The molecule has 1 aliphatic heterocycles. The third-order valence-electron chi connectivity index (χ3n) is 4.80. The molecular formula is C21H20N4O7. The normalized spacial score (nSPS) is 15.2. The number of ether oxygens (including phenoxy) is 1. The molecule has 11 nitrogen and oxygen atoms in total. The highest BCUT2D eigenvalue weighted by atomic mass is 16.6. The predicted molar refractivity (Wildman–Crippen MR) is 111 cm³/mol. The van der Waals surface area contributed by atoms with Gasteiger partial charge in [-0.1, -0.05) is 18.2 Å². The Morgan fingerprint density at radius 1 is 1.16 bits per heavy atom. The van der Waals surface area contributed by atoms with E-state index in [1.54, 1.807) is 12.1 Å². The third kappa shape index (κ3) is 5.45. The van der Waals surface area contributed by atoms with Crippen molar-refractivity contribution >= 4 is 35.1 Å². The Bertz CT molecular complexity index is 1070. The summed E-state index contributed by atoms with van der Waals surface area (Å²) in [5.41, 5.74) is 3.77. The van der Waals surface area contributed by atoms with Crippen molar-refractivity contribution in [1.82, 2.24) is 10.4 Å². The van der Waals surface area contributed by atoms with Crippen molar-refractivity contribution < 1.29 is 28.8 Å². The molecule has 0 spiro atoms. The molecule has 0 aliphatic carbocycles. The summed E-state index contributed by atoms with van der Waals surface area (Å²) in [5.74, 6) is -3.23. The first-order chi connectivity index (χ1) is 15.2. The first-order valence-electron chi connectivity index (χ1n) is 9.62. The van der Waals surface area contributed by atoms with Crippen molar-refractivity contribution in [2.75, 3.05) is 18.5 Å². The fourth-order valence-electron chi connectivity index (χ4n) is 3.05. The van der Waals surface area contributed by atoms with Crippen LogP contribution in [0.25, 0.3) is 0 Å². The van der Waals surface area contributed by atoms with E-state index in [1.807, 2.05) is 19.1 Å². The molecule has 1 atom stereocenters. The standard InChI is InChI=1S/C21H20N4O7/c1-13-4-2-3-5-17(13)22-18(26)12-32-21(29)15-10-19(27)24(11-15)23-20(28)14-6-8-16(9-7-14)25(30)31/h2-9,15H,10-12H2,1H3,(H,22,26)(H,23,28)/t15-/m1/s1. The second-order valence-corrected chi connectivity index (χ2v) is 7.12. The van der Waals surface area contributed by atoms with Crippen LogP contribution in [-0.4, -0.2) is 46.8 Å². The molecule has 166 valence electrons. The number of para-hydroxylation sites is 1.